The number of methoxy groups -OCH3 is 2. The smallest absolute Gasteiger partial charge is 0.161 e. The number of nitrogens with zero attached hydrogens (tertiary/aromatic N) is 1. The molecule has 3 rings (SSSR count). The van der Waals surface area contributed by atoms with Crippen LogP contribution in [0.5, 0.6) is 11.5 Å². The van der Waals surface area contributed by atoms with Gasteiger partial charge in [0.25, 0.3) is 0 Å². The average molecular weight is 328 g/mol. The van der Waals surface area contributed by atoms with Gasteiger partial charge in [-0.05, 0) is 54.2 Å². The summed E-state index contributed by atoms with van der Waals surface area (Å²) in [5.74, 6) is -3.27. The zero-order valence-corrected chi connectivity index (χ0v) is 13.9. The standard InChI is InChI=1S/C19H29NO3/c1-12(2)7-14-11-20-6-5-13-8-18(22-3)19(23-4)9-15(13)16(20)10-17(14)21/h8-9,12,14,16-17,21H,5-7,10-11H2,1-4H3/i8D,9D,10D2,11D2,14D,16D,17D. The van der Waals surface area contributed by atoms with Crippen molar-refractivity contribution in [3.8, 4) is 11.5 Å². The molecule has 3 atom stereocenters. The fourth-order valence-corrected chi connectivity index (χ4v) is 2.85. The van der Waals surface area contributed by atoms with Crippen LogP contribution in [0, 0.1) is 11.8 Å². The molecule has 0 aromatic heterocycles. The second kappa shape index (κ2) is 6.70. The van der Waals surface area contributed by atoms with Crippen molar-refractivity contribution in [1.82, 2.24) is 4.90 Å². The number of hydrogen-bond acceptors (Lipinski definition) is 4. The molecule has 2 heterocycles. The van der Waals surface area contributed by atoms with Crippen LogP contribution in [0.4, 0.5) is 0 Å². The predicted molar refractivity (Wildman–Crippen MR) is 91.1 cm³/mol. The van der Waals surface area contributed by atoms with Gasteiger partial charge in [-0.3, -0.25) is 4.90 Å². The summed E-state index contributed by atoms with van der Waals surface area (Å²) >= 11 is 0. The molecule has 4 nitrogen and oxygen atoms in total. The molecule has 0 saturated carbocycles. The van der Waals surface area contributed by atoms with Gasteiger partial charge in [0.05, 0.1) is 25.8 Å². The second-order valence-electron chi connectivity index (χ2n) is 6.08. The summed E-state index contributed by atoms with van der Waals surface area (Å²) in [5, 5.41) is 11.2. The lowest BCUT2D eigenvalue weighted by atomic mass is 9.79. The number of fused-ring (bicyclic) bond motifs is 3. The van der Waals surface area contributed by atoms with Gasteiger partial charge < -0.3 is 14.6 Å². The molecule has 0 radical (unpaired) electrons. The SMILES string of the molecule is [2H]c1c2c(c([2H])c(OC)c1OC)C1([2H])N(CC2)C([2H])([2H])C([2H])(CC(C)C)C([2H])(O)C1([2H])[2H]. The third-order valence-corrected chi connectivity index (χ3v) is 3.92. The highest BCUT2D eigenvalue weighted by atomic mass is 16.5. The van der Waals surface area contributed by atoms with E-state index in [1.807, 2.05) is 0 Å². The Morgan fingerprint density at radius 1 is 1.39 bits per heavy atom. The summed E-state index contributed by atoms with van der Waals surface area (Å²) in [6, 6.07) is -3.49. The monoisotopic (exact) mass is 328 g/mol. The lowest BCUT2D eigenvalue weighted by Crippen LogP contribution is -2.48. The topological polar surface area (TPSA) is 41.9 Å². The molecule has 0 amide bonds. The van der Waals surface area contributed by atoms with Crippen molar-refractivity contribution in [3.63, 3.8) is 0 Å². The van der Waals surface area contributed by atoms with E-state index in [1.54, 1.807) is 13.8 Å². The van der Waals surface area contributed by atoms with Crippen LogP contribution in [-0.4, -0.2) is 43.3 Å². The van der Waals surface area contributed by atoms with E-state index >= 15 is 0 Å². The fraction of sp³-hybridized carbons (Fsp3) is 0.684. The van der Waals surface area contributed by atoms with Crippen LogP contribution >= 0.6 is 0 Å². The first-order valence-corrected chi connectivity index (χ1v) is 7.73. The van der Waals surface area contributed by atoms with Crippen LogP contribution in [-0.2, 0) is 6.42 Å². The molecule has 2 aliphatic rings. The van der Waals surface area contributed by atoms with E-state index in [4.69, 9.17) is 20.4 Å². The van der Waals surface area contributed by atoms with Crippen LogP contribution in [0.15, 0.2) is 12.1 Å². The van der Waals surface area contributed by atoms with E-state index in [-0.39, 0.29) is 54.0 Å². The van der Waals surface area contributed by atoms with Gasteiger partial charge in [-0.2, -0.15) is 0 Å². The molecule has 0 spiro atoms. The molecule has 1 N–H and O–H groups in total. The highest BCUT2D eigenvalue weighted by Crippen LogP contribution is 2.43. The van der Waals surface area contributed by atoms with E-state index in [9.17, 15) is 6.48 Å². The number of aliphatic hydroxyl groups is 1. The van der Waals surface area contributed by atoms with Gasteiger partial charge in [0.1, 0.15) is 0 Å². The number of rotatable bonds is 4. The molecule has 128 valence electrons. The van der Waals surface area contributed by atoms with E-state index in [2.05, 4.69) is 0 Å². The minimum atomic E-state index is -3.36. The Kier molecular flexibility index (Phi) is 2.54. The maximum atomic E-state index is 11.2. The highest BCUT2D eigenvalue weighted by Gasteiger charge is 2.38. The summed E-state index contributed by atoms with van der Waals surface area (Å²) in [4.78, 5) is 0.824. The molecule has 1 fully saturated rings. The van der Waals surface area contributed by atoms with Crippen molar-refractivity contribution < 1.29 is 26.9 Å². The molecule has 2 aliphatic heterocycles. The summed E-state index contributed by atoms with van der Waals surface area (Å²) in [6.07, 6.45) is -6.92. The third-order valence-electron chi connectivity index (χ3n) is 3.92. The maximum Gasteiger partial charge on any atom is 0.161 e. The van der Waals surface area contributed by atoms with Gasteiger partial charge in [-0.15, -0.1) is 0 Å². The van der Waals surface area contributed by atoms with Gasteiger partial charge in [0, 0.05) is 25.9 Å². The summed E-state index contributed by atoms with van der Waals surface area (Å²) < 4.78 is 89.2. The first kappa shape index (κ1) is 8.72. The molecule has 0 aliphatic carbocycles. The van der Waals surface area contributed by atoms with Gasteiger partial charge in [-0.25, -0.2) is 0 Å². The van der Waals surface area contributed by atoms with E-state index < -0.39 is 36.9 Å². The first-order valence-electron chi connectivity index (χ1n) is 12.2. The molecule has 1 saturated heterocycles. The van der Waals surface area contributed by atoms with Gasteiger partial charge in [0.2, 0.25) is 0 Å². The van der Waals surface area contributed by atoms with Gasteiger partial charge >= 0.3 is 0 Å². The van der Waals surface area contributed by atoms with E-state index in [1.165, 1.54) is 14.2 Å². The molecule has 1 aromatic rings. The van der Waals surface area contributed by atoms with Crippen LogP contribution < -0.4 is 9.47 Å². The Bertz CT molecular complexity index is 939. The molecule has 4 heteroatoms. The van der Waals surface area contributed by atoms with E-state index in [0.717, 1.165) is 4.90 Å². The van der Waals surface area contributed by atoms with Crippen molar-refractivity contribution in [2.45, 2.75) is 45.2 Å². The molecule has 1 aromatic carbocycles. The Morgan fingerprint density at radius 2 is 2.09 bits per heavy atom. The van der Waals surface area contributed by atoms with Gasteiger partial charge in [-0.1, -0.05) is 13.8 Å². The number of hydrogen-bond donors (Lipinski definition) is 1. The lowest BCUT2D eigenvalue weighted by molar-refractivity contribution is -0.0191. The second-order valence-corrected chi connectivity index (χ2v) is 6.08. The fourth-order valence-electron chi connectivity index (χ4n) is 2.85. The summed E-state index contributed by atoms with van der Waals surface area (Å²) in [7, 11) is 2.51. The van der Waals surface area contributed by atoms with Gasteiger partial charge in [0.15, 0.2) is 11.5 Å². The Labute approximate surface area is 152 Å². The average Bonchev–Trinajstić information content (AvgIpc) is 2.67. The third kappa shape index (κ3) is 3.20. The van der Waals surface area contributed by atoms with Crippen LogP contribution in [0.2, 0.25) is 0 Å². The van der Waals surface area contributed by atoms with Crippen molar-refractivity contribution in [2.75, 3.05) is 27.3 Å². The van der Waals surface area contributed by atoms with Crippen molar-refractivity contribution >= 4 is 0 Å². The Hall–Kier alpha value is -1.26. The van der Waals surface area contributed by atoms with Crippen LogP contribution in [0.1, 0.15) is 56.1 Å². The summed E-state index contributed by atoms with van der Waals surface area (Å²) in [5.41, 5.74) is -0.270. The first-order chi connectivity index (χ1) is 14.5. The van der Waals surface area contributed by atoms with Crippen molar-refractivity contribution in [2.24, 2.45) is 11.8 Å². The zero-order chi connectivity index (χ0) is 24.7. The molecule has 0 bridgehead atoms. The van der Waals surface area contributed by atoms with Crippen molar-refractivity contribution in [3.05, 3.63) is 23.2 Å². The van der Waals surface area contributed by atoms with Crippen LogP contribution in [0.25, 0.3) is 0 Å². The normalized spacial score (nSPS) is 47.1. The molecular formula is C19H29NO3. The molecule has 23 heavy (non-hydrogen) atoms. The largest absolute Gasteiger partial charge is 0.493 e. The quantitative estimate of drug-likeness (QED) is 0.922. The maximum absolute atomic E-state index is 11.2. The minimum absolute atomic E-state index is 0.00912. The number of ether oxygens (including phenoxy) is 2. The summed E-state index contributed by atoms with van der Waals surface area (Å²) in [6.45, 7) is 0.300. The lowest BCUT2D eigenvalue weighted by Gasteiger charge is -2.46. The molecule has 3 unspecified atom stereocenters. The highest BCUT2D eigenvalue weighted by molar-refractivity contribution is 5.49. The van der Waals surface area contributed by atoms with Crippen LogP contribution in [0.3, 0.4) is 0 Å². The minimum Gasteiger partial charge on any atom is -0.493 e. The van der Waals surface area contributed by atoms with Crippen molar-refractivity contribution in [1.29, 1.82) is 0 Å². The Balaban J connectivity index is 2.44. The van der Waals surface area contributed by atoms with E-state index in [0.29, 0.717) is 0 Å². The number of piperidine rings is 1. The zero-order valence-electron chi connectivity index (χ0n) is 22.9. The predicted octanol–water partition coefficient (Wildman–Crippen LogP) is 3.03. The molecular weight excluding hydrogens is 290 g/mol. The number of benzene rings is 1. The Morgan fingerprint density at radius 3 is 2.74 bits per heavy atom.